The Morgan fingerprint density at radius 2 is 1.72 bits per heavy atom. The first kappa shape index (κ1) is 21.2. The second-order valence-corrected chi connectivity index (χ2v) is 6.05. The molecule has 0 saturated carbocycles. The second-order valence-electron chi connectivity index (χ2n) is 5.26. The van der Waals surface area contributed by atoms with Crippen molar-refractivity contribution in [1.29, 1.82) is 0 Å². The molecule has 0 heterocycles. The van der Waals surface area contributed by atoms with Crippen molar-refractivity contribution in [3.05, 3.63) is 35.4 Å². The van der Waals surface area contributed by atoms with E-state index in [1.54, 1.807) is 26.0 Å². The van der Waals surface area contributed by atoms with Crippen LogP contribution >= 0.6 is 15.9 Å². The van der Waals surface area contributed by atoms with Gasteiger partial charge in [0.2, 0.25) is 0 Å². The fourth-order valence-corrected chi connectivity index (χ4v) is 2.62. The highest BCUT2D eigenvalue weighted by molar-refractivity contribution is 9.09. The fraction of sp³-hybridized carbons (Fsp3) is 0.500. The lowest BCUT2D eigenvalue weighted by molar-refractivity contribution is -0.146. The Hall–Kier alpha value is -1.89. The van der Waals surface area contributed by atoms with E-state index in [-0.39, 0.29) is 32.0 Å². The largest absolute Gasteiger partial charge is 0.466 e. The minimum absolute atomic E-state index is 0.0296. The molecule has 0 bridgehead atoms. The first-order valence-electron chi connectivity index (χ1n) is 8.29. The summed E-state index contributed by atoms with van der Waals surface area (Å²) in [5.41, 5.74) is 1.56. The number of amides is 1. The molecule has 7 heteroatoms. The number of hydrogen-bond acceptors (Lipinski definition) is 5. The lowest BCUT2D eigenvalue weighted by Crippen LogP contribution is -2.42. The first-order chi connectivity index (χ1) is 12.0. The van der Waals surface area contributed by atoms with Gasteiger partial charge in [-0.25, -0.2) is 4.79 Å². The normalized spacial score (nSPS) is 11.5. The number of alkyl halides is 1. The molecule has 0 saturated heterocycles. The molecule has 0 spiro atoms. The molecule has 1 amide bonds. The average Bonchev–Trinajstić information content (AvgIpc) is 2.59. The van der Waals surface area contributed by atoms with Crippen molar-refractivity contribution < 1.29 is 23.9 Å². The lowest BCUT2D eigenvalue weighted by Gasteiger charge is -2.17. The fourth-order valence-electron chi connectivity index (χ4n) is 2.16. The highest BCUT2D eigenvalue weighted by atomic mass is 79.9. The van der Waals surface area contributed by atoms with Crippen LogP contribution in [-0.4, -0.2) is 42.4 Å². The van der Waals surface area contributed by atoms with E-state index in [9.17, 15) is 14.4 Å². The van der Waals surface area contributed by atoms with E-state index in [0.717, 1.165) is 17.3 Å². The SMILES string of the molecule is CCOC(=O)CC[C@H](NC(=O)c1ccc(CCBr)cc1)C(=O)OCC. The number of esters is 2. The van der Waals surface area contributed by atoms with Gasteiger partial charge in [0.1, 0.15) is 6.04 Å². The summed E-state index contributed by atoms with van der Waals surface area (Å²) in [6.07, 6.45) is 1.03. The minimum Gasteiger partial charge on any atom is -0.466 e. The predicted molar refractivity (Wildman–Crippen MR) is 97.7 cm³/mol. The maximum atomic E-state index is 12.4. The number of nitrogens with one attached hydrogen (secondary N) is 1. The van der Waals surface area contributed by atoms with E-state index in [2.05, 4.69) is 21.2 Å². The van der Waals surface area contributed by atoms with Gasteiger partial charge < -0.3 is 14.8 Å². The van der Waals surface area contributed by atoms with Crippen LogP contribution in [0.15, 0.2) is 24.3 Å². The Kier molecular flexibility index (Phi) is 9.84. The molecule has 0 aliphatic rings. The van der Waals surface area contributed by atoms with E-state index in [1.165, 1.54) is 0 Å². The van der Waals surface area contributed by atoms with Crippen LogP contribution in [0.4, 0.5) is 0 Å². The Morgan fingerprint density at radius 1 is 1.08 bits per heavy atom. The van der Waals surface area contributed by atoms with Crippen molar-refractivity contribution in [2.75, 3.05) is 18.5 Å². The van der Waals surface area contributed by atoms with Gasteiger partial charge in [0.05, 0.1) is 13.2 Å². The molecule has 0 fully saturated rings. The maximum Gasteiger partial charge on any atom is 0.328 e. The van der Waals surface area contributed by atoms with Crippen LogP contribution in [0.1, 0.15) is 42.6 Å². The lowest BCUT2D eigenvalue weighted by atomic mass is 10.1. The van der Waals surface area contributed by atoms with Gasteiger partial charge in [-0.05, 0) is 44.4 Å². The molecule has 6 nitrogen and oxygen atoms in total. The molecule has 1 N–H and O–H groups in total. The summed E-state index contributed by atoms with van der Waals surface area (Å²) in [4.78, 5) is 35.9. The summed E-state index contributed by atoms with van der Waals surface area (Å²) in [5, 5.41) is 3.48. The van der Waals surface area contributed by atoms with E-state index in [4.69, 9.17) is 9.47 Å². The van der Waals surface area contributed by atoms with Gasteiger partial charge in [-0.1, -0.05) is 28.1 Å². The highest BCUT2D eigenvalue weighted by Crippen LogP contribution is 2.09. The smallest absolute Gasteiger partial charge is 0.328 e. The highest BCUT2D eigenvalue weighted by Gasteiger charge is 2.23. The van der Waals surface area contributed by atoms with Crippen LogP contribution < -0.4 is 5.32 Å². The Balaban J connectivity index is 2.72. The summed E-state index contributed by atoms with van der Waals surface area (Å²) in [6, 6.07) is 6.27. The van der Waals surface area contributed by atoms with Crippen molar-refractivity contribution in [1.82, 2.24) is 5.32 Å². The topological polar surface area (TPSA) is 81.7 Å². The molecular weight excluding hydrogens is 390 g/mol. The molecule has 0 aliphatic carbocycles. The molecule has 1 atom stereocenters. The van der Waals surface area contributed by atoms with Crippen molar-refractivity contribution in [3.63, 3.8) is 0 Å². The van der Waals surface area contributed by atoms with Crippen molar-refractivity contribution >= 4 is 33.8 Å². The summed E-state index contributed by atoms with van der Waals surface area (Å²) in [7, 11) is 0. The zero-order valence-corrected chi connectivity index (χ0v) is 16.1. The zero-order chi connectivity index (χ0) is 18.7. The molecular formula is C18H24BrNO5. The van der Waals surface area contributed by atoms with Crippen molar-refractivity contribution in [2.24, 2.45) is 0 Å². The quantitative estimate of drug-likeness (QED) is 0.470. The van der Waals surface area contributed by atoms with E-state index < -0.39 is 18.0 Å². The van der Waals surface area contributed by atoms with Gasteiger partial charge in [-0.3, -0.25) is 9.59 Å². The van der Waals surface area contributed by atoms with Crippen LogP contribution in [0.25, 0.3) is 0 Å². The third-order valence-electron chi connectivity index (χ3n) is 3.42. The Labute approximate surface area is 156 Å². The Morgan fingerprint density at radius 3 is 2.28 bits per heavy atom. The predicted octanol–water partition coefficient (Wildman–Crippen LogP) is 2.63. The third kappa shape index (κ3) is 7.69. The molecule has 1 rings (SSSR count). The van der Waals surface area contributed by atoms with Crippen LogP contribution in [0.5, 0.6) is 0 Å². The number of carbonyl (C=O) groups excluding carboxylic acids is 3. The minimum atomic E-state index is -0.890. The van der Waals surface area contributed by atoms with E-state index in [0.29, 0.717) is 5.56 Å². The summed E-state index contributed by atoms with van der Waals surface area (Å²) < 4.78 is 9.82. The molecule has 0 aromatic heterocycles. The van der Waals surface area contributed by atoms with Gasteiger partial charge in [-0.2, -0.15) is 0 Å². The number of halogens is 1. The van der Waals surface area contributed by atoms with Gasteiger partial charge in [0.15, 0.2) is 0 Å². The average molecular weight is 414 g/mol. The van der Waals surface area contributed by atoms with Gasteiger partial charge in [0.25, 0.3) is 5.91 Å². The van der Waals surface area contributed by atoms with Gasteiger partial charge >= 0.3 is 11.9 Å². The molecule has 0 unspecified atom stereocenters. The van der Waals surface area contributed by atoms with Gasteiger partial charge in [0, 0.05) is 17.3 Å². The molecule has 1 aromatic rings. The number of aryl methyl sites for hydroxylation is 1. The molecule has 0 radical (unpaired) electrons. The van der Waals surface area contributed by atoms with E-state index in [1.807, 2.05) is 12.1 Å². The van der Waals surface area contributed by atoms with Crippen molar-refractivity contribution in [3.8, 4) is 0 Å². The molecule has 25 heavy (non-hydrogen) atoms. The van der Waals surface area contributed by atoms with E-state index >= 15 is 0 Å². The summed E-state index contributed by atoms with van der Waals surface area (Å²) in [6.45, 7) is 3.87. The number of hydrogen-bond donors (Lipinski definition) is 1. The number of benzene rings is 1. The zero-order valence-electron chi connectivity index (χ0n) is 14.5. The van der Waals surface area contributed by atoms with Crippen LogP contribution in [0, 0.1) is 0 Å². The summed E-state index contributed by atoms with van der Waals surface area (Å²) in [5.74, 6) is -1.35. The second kappa shape index (κ2) is 11.6. The Bertz CT molecular complexity index is 573. The molecule has 1 aromatic carbocycles. The van der Waals surface area contributed by atoms with Gasteiger partial charge in [-0.15, -0.1) is 0 Å². The number of ether oxygens (including phenoxy) is 2. The monoisotopic (exact) mass is 413 g/mol. The molecule has 138 valence electrons. The first-order valence-corrected chi connectivity index (χ1v) is 9.41. The van der Waals surface area contributed by atoms with Crippen molar-refractivity contribution in [2.45, 2.75) is 39.2 Å². The summed E-state index contributed by atoms with van der Waals surface area (Å²) >= 11 is 3.37. The van der Waals surface area contributed by atoms with Crippen LogP contribution in [0.3, 0.4) is 0 Å². The number of rotatable bonds is 10. The standard InChI is InChI=1S/C18H24BrNO5/c1-3-24-16(21)10-9-15(18(23)25-4-2)20-17(22)14-7-5-13(6-8-14)11-12-19/h5-8,15H,3-4,9-12H2,1-2H3,(H,20,22)/t15-/m0/s1. The molecule has 0 aliphatic heterocycles. The third-order valence-corrected chi connectivity index (χ3v) is 3.81. The maximum absolute atomic E-state index is 12.4. The van der Waals surface area contributed by atoms with Crippen LogP contribution in [0.2, 0.25) is 0 Å². The number of carbonyl (C=O) groups is 3. The van der Waals surface area contributed by atoms with Crippen LogP contribution in [-0.2, 0) is 25.5 Å².